The minimum Gasteiger partial charge on any atom is -0.381 e. The maximum absolute atomic E-state index is 13.5. The van der Waals surface area contributed by atoms with Crippen LogP contribution >= 0.6 is 11.3 Å². The molecule has 1 aromatic carbocycles. The molecule has 0 radical (unpaired) electrons. The standard InChI is InChI=1S/C18H19F2NO2S/c19-16-4-3-13(12-17(16)20)18(22)21(14-6-9-23-10-7-14)8-5-15-2-1-11-24-15/h1-4,11-12,14H,5-10H2. The molecule has 0 N–H and O–H groups in total. The fraction of sp³-hybridized carbons (Fsp3) is 0.389. The van der Waals surface area contributed by atoms with Gasteiger partial charge in [-0.25, -0.2) is 8.78 Å². The third-order valence-electron chi connectivity index (χ3n) is 4.24. The van der Waals surface area contributed by atoms with Gasteiger partial charge in [0.05, 0.1) is 0 Å². The molecule has 1 aromatic heterocycles. The molecule has 0 spiro atoms. The molecule has 0 saturated carbocycles. The smallest absolute Gasteiger partial charge is 0.254 e. The summed E-state index contributed by atoms with van der Waals surface area (Å²) in [4.78, 5) is 15.9. The van der Waals surface area contributed by atoms with Crippen molar-refractivity contribution in [1.29, 1.82) is 0 Å². The van der Waals surface area contributed by atoms with E-state index in [-0.39, 0.29) is 17.5 Å². The second kappa shape index (κ2) is 7.85. The molecule has 3 rings (SSSR count). The normalized spacial score (nSPS) is 15.4. The number of carbonyl (C=O) groups is 1. The Morgan fingerprint density at radius 3 is 2.67 bits per heavy atom. The topological polar surface area (TPSA) is 29.5 Å². The van der Waals surface area contributed by atoms with Crippen molar-refractivity contribution in [3.05, 3.63) is 57.8 Å². The fourth-order valence-corrected chi connectivity index (χ4v) is 3.63. The van der Waals surface area contributed by atoms with Crippen LogP contribution in [0, 0.1) is 11.6 Å². The molecule has 0 bridgehead atoms. The number of benzene rings is 1. The summed E-state index contributed by atoms with van der Waals surface area (Å²) in [7, 11) is 0. The molecule has 1 saturated heterocycles. The summed E-state index contributed by atoms with van der Waals surface area (Å²) < 4.78 is 32.0. The predicted molar refractivity (Wildman–Crippen MR) is 89.3 cm³/mol. The van der Waals surface area contributed by atoms with E-state index in [1.165, 1.54) is 10.9 Å². The summed E-state index contributed by atoms with van der Waals surface area (Å²) in [6.07, 6.45) is 2.28. The Morgan fingerprint density at radius 1 is 1.21 bits per heavy atom. The minimum absolute atomic E-state index is 0.0688. The Morgan fingerprint density at radius 2 is 2.00 bits per heavy atom. The number of thiophene rings is 1. The van der Waals surface area contributed by atoms with Crippen LogP contribution in [0.1, 0.15) is 28.1 Å². The Bertz CT molecular complexity index is 684. The van der Waals surface area contributed by atoms with Crippen molar-refractivity contribution < 1.29 is 18.3 Å². The van der Waals surface area contributed by atoms with Gasteiger partial charge in [0.2, 0.25) is 0 Å². The van der Waals surface area contributed by atoms with Gasteiger partial charge in [-0.2, -0.15) is 0 Å². The number of hydrogen-bond acceptors (Lipinski definition) is 3. The fourth-order valence-electron chi connectivity index (χ4n) is 2.93. The Balaban J connectivity index is 1.78. The van der Waals surface area contributed by atoms with Crippen LogP contribution in [0.15, 0.2) is 35.7 Å². The summed E-state index contributed by atoms with van der Waals surface area (Å²) in [5.74, 6) is -2.19. The van der Waals surface area contributed by atoms with E-state index in [0.717, 1.165) is 31.4 Å². The first-order chi connectivity index (χ1) is 11.6. The van der Waals surface area contributed by atoms with E-state index in [1.807, 2.05) is 17.5 Å². The predicted octanol–water partition coefficient (Wildman–Crippen LogP) is 3.89. The summed E-state index contributed by atoms with van der Waals surface area (Å²) in [6, 6.07) is 7.42. The Kier molecular flexibility index (Phi) is 5.58. The highest BCUT2D eigenvalue weighted by Gasteiger charge is 2.27. The van der Waals surface area contributed by atoms with Gasteiger partial charge in [0.25, 0.3) is 5.91 Å². The number of carbonyl (C=O) groups excluding carboxylic acids is 1. The highest BCUT2D eigenvalue weighted by molar-refractivity contribution is 7.09. The van der Waals surface area contributed by atoms with Crippen molar-refractivity contribution >= 4 is 17.2 Å². The monoisotopic (exact) mass is 351 g/mol. The lowest BCUT2D eigenvalue weighted by Crippen LogP contribution is -2.44. The van der Waals surface area contributed by atoms with Gasteiger partial charge < -0.3 is 9.64 Å². The van der Waals surface area contributed by atoms with Crippen LogP contribution in [-0.4, -0.2) is 36.6 Å². The second-order valence-electron chi connectivity index (χ2n) is 5.80. The molecule has 0 aliphatic carbocycles. The minimum atomic E-state index is -0.994. The van der Waals surface area contributed by atoms with Gasteiger partial charge in [-0.05, 0) is 48.9 Å². The molecule has 0 unspecified atom stereocenters. The number of hydrogen-bond donors (Lipinski definition) is 0. The zero-order valence-electron chi connectivity index (χ0n) is 13.2. The van der Waals surface area contributed by atoms with Crippen LogP contribution in [0.25, 0.3) is 0 Å². The highest BCUT2D eigenvalue weighted by atomic mass is 32.1. The van der Waals surface area contributed by atoms with Crippen molar-refractivity contribution in [2.75, 3.05) is 19.8 Å². The third-order valence-corrected chi connectivity index (χ3v) is 5.17. The van der Waals surface area contributed by atoms with Crippen LogP contribution in [0.3, 0.4) is 0 Å². The Labute approximate surface area is 143 Å². The van der Waals surface area contributed by atoms with Gasteiger partial charge >= 0.3 is 0 Å². The average Bonchev–Trinajstić information content (AvgIpc) is 3.12. The first kappa shape index (κ1) is 17.0. The lowest BCUT2D eigenvalue weighted by Gasteiger charge is -2.34. The zero-order valence-corrected chi connectivity index (χ0v) is 14.0. The van der Waals surface area contributed by atoms with Crippen LogP contribution < -0.4 is 0 Å². The second-order valence-corrected chi connectivity index (χ2v) is 6.83. The molecular formula is C18H19F2NO2S. The van der Waals surface area contributed by atoms with Crippen molar-refractivity contribution in [3.63, 3.8) is 0 Å². The van der Waals surface area contributed by atoms with Crippen molar-refractivity contribution in [2.24, 2.45) is 0 Å². The quantitative estimate of drug-likeness (QED) is 0.818. The van der Waals surface area contributed by atoms with Gasteiger partial charge in [-0.1, -0.05) is 6.07 Å². The van der Waals surface area contributed by atoms with Gasteiger partial charge in [0, 0.05) is 36.2 Å². The SMILES string of the molecule is O=C(c1ccc(F)c(F)c1)N(CCc1cccs1)C1CCOCC1. The van der Waals surface area contributed by atoms with Gasteiger partial charge in [0.15, 0.2) is 11.6 Å². The molecule has 1 amide bonds. The van der Waals surface area contributed by atoms with E-state index in [4.69, 9.17) is 4.74 Å². The lowest BCUT2D eigenvalue weighted by atomic mass is 10.0. The molecule has 1 fully saturated rings. The summed E-state index contributed by atoms with van der Waals surface area (Å²) in [5.41, 5.74) is 0.187. The third kappa shape index (κ3) is 3.99. The van der Waals surface area contributed by atoms with Crippen LogP contribution in [-0.2, 0) is 11.2 Å². The van der Waals surface area contributed by atoms with E-state index < -0.39 is 11.6 Å². The largest absolute Gasteiger partial charge is 0.381 e. The molecule has 1 aliphatic heterocycles. The van der Waals surface area contributed by atoms with E-state index in [1.54, 1.807) is 16.2 Å². The van der Waals surface area contributed by atoms with E-state index in [2.05, 4.69) is 0 Å². The number of amides is 1. The van der Waals surface area contributed by atoms with Crippen molar-refractivity contribution in [1.82, 2.24) is 4.90 Å². The molecule has 3 nitrogen and oxygen atoms in total. The van der Waals surface area contributed by atoms with Crippen molar-refractivity contribution in [2.45, 2.75) is 25.3 Å². The summed E-state index contributed by atoms with van der Waals surface area (Å²) >= 11 is 1.65. The zero-order chi connectivity index (χ0) is 16.9. The maximum atomic E-state index is 13.5. The van der Waals surface area contributed by atoms with Gasteiger partial charge in [0.1, 0.15) is 0 Å². The average molecular weight is 351 g/mol. The molecule has 128 valence electrons. The molecular weight excluding hydrogens is 332 g/mol. The highest BCUT2D eigenvalue weighted by Crippen LogP contribution is 2.20. The number of nitrogens with zero attached hydrogens (tertiary/aromatic N) is 1. The van der Waals surface area contributed by atoms with E-state index >= 15 is 0 Å². The van der Waals surface area contributed by atoms with Gasteiger partial charge in [-0.15, -0.1) is 11.3 Å². The lowest BCUT2D eigenvalue weighted by molar-refractivity contribution is 0.0293. The van der Waals surface area contributed by atoms with Crippen molar-refractivity contribution in [3.8, 4) is 0 Å². The molecule has 24 heavy (non-hydrogen) atoms. The number of rotatable bonds is 5. The molecule has 0 atom stereocenters. The summed E-state index contributed by atoms with van der Waals surface area (Å²) in [6.45, 7) is 1.79. The molecule has 2 aromatic rings. The van der Waals surface area contributed by atoms with E-state index in [9.17, 15) is 13.6 Å². The molecule has 1 aliphatic rings. The number of ether oxygens (including phenoxy) is 1. The van der Waals surface area contributed by atoms with E-state index in [0.29, 0.717) is 19.8 Å². The molecule has 2 heterocycles. The van der Waals surface area contributed by atoms with Crippen LogP contribution in [0.5, 0.6) is 0 Å². The van der Waals surface area contributed by atoms with Crippen LogP contribution in [0.2, 0.25) is 0 Å². The first-order valence-electron chi connectivity index (χ1n) is 8.01. The molecule has 6 heteroatoms. The maximum Gasteiger partial charge on any atom is 0.254 e. The van der Waals surface area contributed by atoms with Crippen LogP contribution in [0.4, 0.5) is 8.78 Å². The first-order valence-corrected chi connectivity index (χ1v) is 8.89. The van der Waals surface area contributed by atoms with Gasteiger partial charge in [-0.3, -0.25) is 4.79 Å². The Hall–Kier alpha value is -1.79. The number of halogens is 2. The summed E-state index contributed by atoms with van der Waals surface area (Å²) in [5, 5.41) is 2.01.